The topological polar surface area (TPSA) is 87.5 Å². The van der Waals surface area contributed by atoms with Gasteiger partial charge in [-0.15, -0.1) is 10.2 Å². The fraction of sp³-hybridized carbons (Fsp3) is 0.348. The lowest BCUT2D eigenvalue weighted by Gasteiger charge is -2.15. The maximum absolute atomic E-state index is 12.6. The molecule has 5 rings (SSSR count). The molecule has 8 nitrogen and oxygen atoms in total. The van der Waals surface area contributed by atoms with Crippen molar-refractivity contribution in [2.24, 2.45) is 0 Å². The number of nitrogens with one attached hydrogen (secondary N) is 1. The van der Waals surface area contributed by atoms with Gasteiger partial charge in [0.25, 0.3) is 0 Å². The molecule has 1 aliphatic heterocycles. The molecule has 0 spiro atoms. The molecule has 1 amide bonds. The third kappa shape index (κ3) is 5.04. The normalized spacial score (nSPS) is 15.3. The number of amides is 1. The van der Waals surface area contributed by atoms with Crippen molar-refractivity contribution >= 4 is 29.3 Å². The molecule has 1 atom stereocenters. The first-order valence-electron chi connectivity index (χ1n) is 10.7. The average Bonchev–Trinajstić information content (AvgIpc) is 3.39. The van der Waals surface area contributed by atoms with Crippen LogP contribution in [0.1, 0.15) is 43.2 Å². The summed E-state index contributed by atoms with van der Waals surface area (Å²) in [6, 6.07) is 13.2. The van der Waals surface area contributed by atoms with Gasteiger partial charge in [0.2, 0.25) is 12.7 Å². The smallest absolute Gasteiger partial charge is 0.231 e. The Morgan fingerprint density at radius 2 is 2.06 bits per heavy atom. The van der Waals surface area contributed by atoms with E-state index in [1.807, 2.05) is 43.3 Å². The second-order valence-electron chi connectivity index (χ2n) is 7.91. The number of hydrogen-bond donors (Lipinski definition) is 1. The summed E-state index contributed by atoms with van der Waals surface area (Å²) in [4.78, 5) is 12.6. The van der Waals surface area contributed by atoms with Gasteiger partial charge in [-0.2, -0.15) is 0 Å². The van der Waals surface area contributed by atoms with Crippen LogP contribution in [-0.2, 0) is 11.4 Å². The minimum absolute atomic E-state index is 0.0793. The summed E-state index contributed by atoms with van der Waals surface area (Å²) in [7, 11) is 0. The second kappa shape index (κ2) is 9.52. The Hall–Kier alpha value is -2.91. The highest BCUT2D eigenvalue weighted by atomic mass is 35.5. The number of carbonyl (C=O) groups excluding carboxylic acids is 1. The van der Waals surface area contributed by atoms with E-state index in [2.05, 4.69) is 20.1 Å². The number of ether oxygens (including phenoxy) is 3. The molecular weight excluding hydrogens is 464 g/mol. The third-order valence-electron chi connectivity index (χ3n) is 5.45. The van der Waals surface area contributed by atoms with Crippen molar-refractivity contribution in [3.05, 3.63) is 58.9 Å². The Morgan fingerprint density at radius 1 is 1.24 bits per heavy atom. The highest BCUT2D eigenvalue weighted by Gasteiger charge is 2.30. The number of carbonyl (C=O) groups is 1. The molecule has 0 saturated heterocycles. The van der Waals surface area contributed by atoms with E-state index in [0.29, 0.717) is 22.6 Å². The Bertz CT molecular complexity index is 1170. The molecular formula is C23H23ClN4O4S. The van der Waals surface area contributed by atoms with Crippen LogP contribution in [0.3, 0.4) is 0 Å². The molecule has 1 saturated carbocycles. The number of hydrogen-bond acceptors (Lipinski definition) is 7. The van der Waals surface area contributed by atoms with Crippen LogP contribution in [0.5, 0.6) is 17.2 Å². The molecule has 2 heterocycles. The molecule has 33 heavy (non-hydrogen) atoms. The SMILES string of the molecule is CC(NC(=O)CSc1nnc(COc2ccccc2Cl)n1C1CC1)c1ccc2c(c1)OCO2. The monoisotopic (exact) mass is 486 g/mol. The maximum atomic E-state index is 12.6. The quantitative estimate of drug-likeness (QED) is 0.444. The van der Waals surface area contributed by atoms with Gasteiger partial charge in [-0.25, -0.2) is 0 Å². The van der Waals surface area contributed by atoms with Gasteiger partial charge in [-0.05, 0) is 49.6 Å². The zero-order valence-electron chi connectivity index (χ0n) is 18.0. The number of rotatable bonds is 9. The number of benzene rings is 2. The van der Waals surface area contributed by atoms with E-state index in [-0.39, 0.29) is 31.1 Å². The standard InChI is InChI=1S/C23H23ClN4O4S/c1-14(15-6-9-19-20(10-15)32-13-31-19)25-22(29)12-33-23-27-26-21(28(23)16-7-8-16)11-30-18-5-3-2-4-17(18)24/h2-6,9-10,14,16H,7-8,11-13H2,1H3,(H,25,29). The summed E-state index contributed by atoms with van der Waals surface area (Å²) in [6.45, 7) is 2.43. The van der Waals surface area contributed by atoms with Crippen molar-refractivity contribution in [1.29, 1.82) is 0 Å². The van der Waals surface area contributed by atoms with Gasteiger partial charge in [0.15, 0.2) is 22.5 Å². The molecule has 1 fully saturated rings. The maximum Gasteiger partial charge on any atom is 0.231 e. The summed E-state index contributed by atoms with van der Waals surface area (Å²) in [5, 5.41) is 12.9. The minimum atomic E-state index is -0.159. The van der Waals surface area contributed by atoms with Crippen LogP contribution in [0.25, 0.3) is 0 Å². The predicted octanol–water partition coefficient (Wildman–Crippen LogP) is 4.54. The second-order valence-corrected chi connectivity index (χ2v) is 9.26. The Labute approximate surface area is 200 Å². The minimum Gasteiger partial charge on any atom is -0.484 e. The fourth-order valence-corrected chi connectivity index (χ4v) is 4.61. The number of halogens is 1. The summed E-state index contributed by atoms with van der Waals surface area (Å²) < 4.78 is 18.7. The lowest BCUT2D eigenvalue weighted by molar-refractivity contribution is -0.119. The average molecular weight is 487 g/mol. The first kappa shape index (κ1) is 21.9. The largest absolute Gasteiger partial charge is 0.484 e. The van der Waals surface area contributed by atoms with E-state index in [0.717, 1.165) is 35.1 Å². The van der Waals surface area contributed by atoms with Gasteiger partial charge < -0.3 is 19.5 Å². The summed E-state index contributed by atoms with van der Waals surface area (Å²) in [5.74, 6) is 2.92. The fourth-order valence-electron chi connectivity index (χ4n) is 3.59. The zero-order chi connectivity index (χ0) is 22.8. The first-order chi connectivity index (χ1) is 16.1. The van der Waals surface area contributed by atoms with E-state index in [4.69, 9.17) is 25.8 Å². The van der Waals surface area contributed by atoms with Crippen molar-refractivity contribution in [2.45, 2.75) is 43.6 Å². The van der Waals surface area contributed by atoms with E-state index in [1.54, 1.807) is 6.07 Å². The van der Waals surface area contributed by atoms with Crippen LogP contribution >= 0.6 is 23.4 Å². The molecule has 10 heteroatoms. The molecule has 1 aliphatic carbocycles. The number of aromatic nitrogens is 3. The molecule has 2 aliphatic rings. The van der Waals surface area contributed by atoms with Crippen molar-refractivity contribution in [1.82, 2.24) is 20.1 Å². The van der Waals surface area contributed by atoms with Gasteiger partial charge in [-0.1, -0.05) is 41.6 Å². The lowest BCUT2D eigenvalue weighted by Crippen LogP contribution is -2.28. The molecule has 1 N–H and O–H groups in total. The number of fused-ring (bicyclic) bond motifs is 1. The van der Waals surface area contributed by atoms with E-state index in [9.17, 15) is 4.79 Å². The number of nitrogens with zero attached hydrogens (tertiary/aromatic N) is 3. The van der Waals surface area contributed by atoms with Crippen LogP contribution < -0.4 is 19.5 Å². The molecule has 0 radical (unpaired) electrons. The zero-order valence-corrected chi connectivity index (χ0v) is 19.6. The van der Waals surface area contributed by atoms with Gasteiger partial charge in [0, 0.05) is 6.04 Å². The molecule has 1 unspecified atom stereocenters. The van der Waals surface area contributed by atoms with Crippen LogP contribution in [0, 0.1) is 0 Å². The van der Waals surface area contributed by atoms with E-state index >= 15 is 0 Å². The molecule has 172 valence electrons. The van der Waals surface area contributed by atoms with Gasteiger partial charge >= 0.3 is 0 Å². The van der Waals surface area contributed by atoms with E-state index < -0.39 is 0 Å². The Balaban J connectivity index is 1.19. The highest BCUT2D eigenvalue weighted by Crippen LogP contribution is 2.39. The molecule has 1 aromatic heterocycles. The molecule has 0 bridgehead atoms. The lowest BCUT2D eigenvalue weighted by atomic mass is 10.1. The Morgan fingerprint density at radius 3 is 2.88 bits per heavy atom. The number of para-hydroxylation sites is 1. The van der Waals surface area contributed by atoms with Crippen molar-refractivity contribution < 1.29 is 19.0 Å². The van der Waals surface area contributed by atoms with E-state index in [1.165, 1.54) is 11.8 Å². The Kier molecular flexibility index (Phi) is 6.32. The predicted molar refractivity (Wildman–Crippen MR) is 124 cm³/mol. The van der Waals surface area contributed by atoms with Crippen molar-refractivity contribution in [3.63, 3.8) is 0 Å². The van der Waals surface area contributed by atoms with Gasteiger partial charge in [0.05, 0.1) is 16.8 Å². The highest BCUT2D eigenvalue weighted by molar-refractivity contribution is 7.99. The molecule has 2 aromatic carbocycles. The molecule has 3 aromatic rings. The van der Waals surface area contributed by atoms with Crippen LogP contribution in [0.15, 0.2) is 47.6 Å². The summed E-state index contributed by atoms with van der Waals surface area (Å²) >= 11 is 7.56. The van der Waals surface area contributed by atoms with Gasteiger partial charge in [0.1, 0.15) is 12.4 Å². The van der Waals surface area contributed by atoms with Crippen molar-refractivity contribution in [3.8, 4) is 17.2 Å². The van der Waals surface area contributed by atoms with Crippen LogP contribution in [-0.4, -0.2) is 33.2 Å². The van der Waals surface area contributed by atoms with Crippen LogP contribution in [0.4, 0.5) is 0 Å². The van der Waals surface area contributed by atoms with Gasteiger partial charge in [-0.3, -0.25) is 9.36 Å². The van der Waals surface area contributed by atoms with Crippen molar-refractivity contribution in [2.75, 3.05) is 12.5 Å². The summed E-state index contributed by atoms with van der Waals surface area (Å²) in [5.41, 5.74) is 0.956. The number of thioether (sulfide) groups is 1. The third-order valence-corrected chi connectivity index (χ3v) is 6.70. The summed E-state index contributed by atoms with van der Waals surface area (Å²) in [6.07, 6.45) is 2.13. The first-order valence-corrected chi connectivity index (χ1v) is 12.1. The van der Waals surface area contributed by atoms with Crippen LogP contribution in [0.2, 0.25) is 5.02 Å².